The fourth-order valence-corrected chi connectivity index (χ4v) is 6.79. The van der Waals surface area contributed by atoms with Gasteiger partial charge in [-0.15, -0.1) is 0 Å². The van der Waals surface area contributed by atoms with E-state index in [1.807, 2.05) is 13.8 Å². The Morgan fingerprint density at radius 2 is 1.47 bits per heavy atom. The number of carbonyl (C=O) groups is 1. The third-order valence-corrected chi connectivity index (χ3v) is 9.26. The Balaban J connectivity index is 2.34. The molecule has 1 heterocycles. The predicted molar refractivity (Wildman–Crippen MR) is 130 cm³/mol. The van der Waals surface area contributed by atoms with Gasteiger partial charge in [0, 0.05) is 0 Å². The van der Waals surface area contributed by atoms with E-state index in [1.165, 1.54) is 12.1 Å². The number of sulfone groups is 2. The van der Waals surface area contributed by atoms with Crippen LogP contribution < -0.4 is 5.43 Å². The smallest absolute Gasteiger partial charge is 0.335 e. The summed E-state index contributed by atoms with van der Waals surface area (Å²) in [6.07, 6.45) is 3.77. The lowest BCUT2D eigenvalue weighted by atomic mass is 10.1. The van der Waals surface area contributed by atoms with Crippen LogP contribution in [0.1, 0.15) is 62.7 Å². The molecule has 3 aromatic rings. The van der Waals surface area contributed by atoms with Crippen LogP contribution in [0.2, 0.25) is 0 Å². The van der Waals surface area contributed by atoms with E-state index in [9.17, 15) is 31.5 Å². The minimum Gasteiger partial charge on any atom is -0.478 e. The van der Waals surface area contributed by atoms with Crippen molar-refractivity contribution in [3.63, 3.8) is 0 Å². The van der Waals surface area contributed by atoms with Gasteiger partial charge in [0.25, 0.3) is 0 Å². The van der Waals surface area contributed by atoms with Crippen molar-refractivity contribution in [3.8, 4) is 0 Å². The quantitative estimate of drug-likeness (QED) is 0.294. The highest BCUT2D eigenvalue weighted by Crippen LogP contribution is 2.30. The van der Waals surface area contributed by atoms with Gasteiger partial charge >= 0.3 is 5.97 Å². The summed E-state index contributed by atoms with van der Waals surface area (Å²) in [6, 6.07) is 5.91. The molecule has 0 fully saturated rings. The molecule has 0 atom stereocenters. The lowest BCUT2D eigenvalue weighted by molar-refractivity contribution is 0.0697. The lowest BCUT2D eigenvalue weighted by Crippen LogP contribution is -2.14. The van der Waals surface area contributed by atoms with E-state index < -0.39 is 31.1 Å². The highest BCUT2D eigenvalue weighted by atomic mass is 32.2. The summed E-state index contributed by atoms with van der Waals surface area (Å²) in [7, 11) is -7.83. The molecular formula is C24H28O8S2. The lowest BCUT2D eigenvalue weighted by Gasteiger charge is -2.12. The molecule has 34 heavy (non-hydrogen) atoms. The first kappa shape index (κ1) is 25.9. The van der Waals surface area contributed by atoms with Crippen LogP contribution in [0, 0.1) is 0 Å². The van der Waals surface area contributed by atoms with Gasteiger partial charge in [-0.25, -0.2) is 21.6 Å². The van der Waals surface area contributed by atoms with Gasteiger partial charge in [-0.1, -0.05) is 39.5 Å². The first-order valence-corrected chi connectivity index (χ1v) is 14.6. The highest BCUT2D eigenvalue weighted by Gasteiger charge is 2.26. The molecular weight excluding hydrogens is 480 g/mol. The standard InChI is InChI=1S/C24H28O8S2/c1-3-5-7-11-33(28,29)17-14-19-22(25)18-13-16(24(26)27)9-10-20(18)32-23(19)21(15-17)34(30,31)12-8-6-4-2/h9-10,13-15H,3-8,11-12H2,1-2H3,(H,26,27). The number of hydrogen-bond acceptors (Lipinski definition) is 7. The number of benzene rings is 2. The number of carboxylic acid groups (broad SMARTS) is 1. The van der Waals surface area contributed by atoms with Crippen molar-refractivity contribution in [2.24, 2.45) is 0 Å². The van der Waals surface area contributed by atoms with Crippen LogP contribution in [0.3, 0.4) is 0 Å². The molecule has 0 aliphatic rings. The van der Waals surface area contributed by atoms with Crippen LogP contribution in [0.4, 0.5) is 0 Å². The summed E-state index contributed by atoms with van der Waals surface area (Å²) < 4.78 is 58.2. The predicted octanol–water partition coefficient (Wildman–Crippen LogP) is 4.57. The molecule has 184 valence electrons. The molecule has 0 spiro atoms. The van der Waals surface area contributed by atoms with Gasteiger partial charge in [-0.2, -0.15) is 0 Å². The molecule has 0 bridgehead atoms. The number of unbranched alkanes of at least 4 members (excludes halogenated alkanes) is 4. The Morgan fingerprint density at radius 1 is 0.853 bits per heavy atom. The Morgan fingerprint density at radius 3 is 2.06 bits per heavy atom. The van der Waals surface area contributed by atoms with Crippen LogP contribution in [0.5, 0.6) is 0 Å². The molecule has 3 rings (SSSR count). The number of rotatable bonds is 11. The second-order valence-electron chi connectivity index (χ2n) is 8.30. The molecule has 8 nitrogen and oxygen atoms in total. The maximum absolute atomic E-state index is 13.3. The van der Waals surface area contributed by atoms with E-state index in [0.717, 1.165) is 31.0 Å². The van der Waals surface area contributed by atoms with Gasteiger partial charge < -0.3 is 9.52 Å². The van der Waals surface area contributed by atoms with Crippen molar-refractivity contribution >= 4 is 47.6 Å². The molecule has 1 aromatic heterocycles. The molecule has 0 saturated heterocycles. The van der Waals surface area contributed by atoms with Gasteiger partial charge in [-0.05, 0) is 43.2 Å². The molecule has 2 aromatic carbocycles. The zero-order chi connectivity index (χ0) is 25.1. The first-order chi connectivity index (χ1) is 16.0. The van der Waals surface area contributed by atoms with Gasteiger partial charge in [-0.3, -0.25) is 4.79 Å². The molecule has 0 aliphatic heterocycles. The van der Waals surface area contributed by atoms with E-state index in [0.29, 0.717) is 25.7 Å². The SMILES string of the molecule is CCCCCS(=O)(=O)c1cc(S(=O)(=O)CCCCC)c2oc3ccc(C(=O)O)cc3c(=O)c2c1. The van der Waals surface area contributed by atoms with Gasteiger partial charge in [0.1, 0.15) is 10.5 Å². The molecule has 10 heteroatoms. The third-order valence-electron chi connectivity index (χ3n) is 5.68. The second kappa shape index (κ2) is 10.3. The molecule has 1 N–H and O–H groups in total. The second-order valence-corrected chi connectivity index (χ2v) is 12.5. The fraction of sp³-hybridized carbons (Fsp3) is 0.417. The zero-order valence-corrected chi connectivity index (χ0v) is 20.8. The number of carboxylic acids is 1. The van der Waals surface area contributed by atoms with Crippen LogP contribution in [0.15, 0.2) is 49.3 Å². The van der Waals surface area contributed by atoms with Crippen molar-refractivity contribution < 1.29 is 31.2 Å². The minimum atomic E-state index is -3.97. The third kappa shape index (κ3) is 5.33. The van der Waals surface area contributed by atoms with E-state index in [2.05, 4.69) is 0 Å². The fourth-order valence-electron chi connectivity index (χ4n) is 3.76. The molecule has 0 aliphatic carbocycles. The van der Waals surface area contributed by atoms with E-state index in [-0.39, 0.29) is 48.8 Å². The zero-order valence-electron chi connectivity index (χ0n) is 19.2. The van der Waals surface area contributed by atoms with Crippen molar-refractivity contribution in [3.05, 3.63) is 46.1 Å². The van der Waals surface area contributed by atoms with Crippen molar-refractivity contribution in [1.29, 1.82) is 0 Å². The van der Waals surface area contributed by atoms with Crippen LogP contribution >= 0.6 is 0 Å². The summed E-state index contributed by atoms with van der Waals surface area (Å²) in [4.78, 5) is 24.1. The molecule has 0 amide bonds. The van der Waals surface area contributed by atoms with Gasteiger partial charge in [0.2, 0.25) is 5.43 Å². The normalized spacial score (nSPS) is 12.4. The van der Waals surface area contributed by atoms with Crippen molar-refractivity contribution in [2.45, 2.75) is 62.2 Å². The topological polar surface area (TPSA) is 136 Å². The maximum Gasteiger partial charge on any atom is 0.335 e. The minimum absolute atomic E-state index is 0.0195. The summed E-state index contributed by atoms with van der Waals surface area (Å²) in [5.41, 5.74) is -1.03. The van der Waals surface area contributed by atoms with E-state index >= 15 is 0 Å². The number of hydrogen-bond donors (Lipinski definition) is 1. The summed E-state index contributed by atoms with van der Waals surface area (Å²) in [5.74, 6) is -1.63. The summed E-state index contributed by atoms with van der Waals surface area (Å²) >= 11 is 0. The average Bonchev–Trinajstić information content (AvgIpc) is 2.78. The number of aromatic carboxylic acids is 1. The van der Waals surface area contributed by atoms with Crippen LogP contribution in [0.25, 0.3) is 21.9 Å². The van der Waals surface area contributed by atoms with E-state index in [4.69, 9.17) is 4.42 Å². The molecule has 0 radical (unpaired) electrons. The van der Waals surface area contributed by atoms with Crippen molar-refractivity contribution in [1.82, 2.24) is 0 Å². The van der Waals surface area contributed by atoms with Gasteiger partial charge in [0.15, 0.2) is 25.3 Å². The van der Waals surface area contributed by atoms with Crippen LogP contribution in [-0.4, -0.2) is 39.4 Å². The van der Waals surface area contributed by atoms with Crippen LogP contribution in [-0.2, 0) is 19.7 Å². The Kier molecular flexibility index (Phi) is 7.82. The maximum atomic E-state index is 13.3. The van der Waals surface area contributed by atoms with E-state index in [1.54, 1.807) is 0 Å². The Hall–Kier alpha value is -2.72. The monoisotopic (exact) mass is 508 g/mol. The largest absolute Gasteiger partial charge is 0.478 e. The van der Waals surface area contributed by atoms with Gasteiger partial charge in [0.05, 0.1) is 32.7 Å². The van der Waals surface area contributed by atoms with Crippen molar-refractivity contribution in [2.75, 3.05) is 11.5 Å². The Labute approximate surface area is 198 Å². The first-order valence-electron chi connectivity index (χ1n) is 11.2. The molecule has 0 saturated carbocycles. The highest BCUT2D eigenvalue weighted by molar-refractivity contribution is 7.92. The molecule has 0 unspecified atom stereocenters. The Bertz CT molecular complexity index is 1500. The summed E-state index contributed by atoms with van der Waals surface area (Å²) in [6.45, 7) is 3.87. The number of fused-ring (bicyclic) bond motifs is 2. The average molecular weight is 509 g/mol. The summed E-state index contributed by atoms with van der Waals surface area (Å²) in [5, 5.41) is 8.99.